The van der Waals surface area contributed by atoms with E-state index in [1.807, 2.05) is 57.1 Å². The summed E-state index contributed by atoms with van der Waals surface area (Å²) in [6.45, 7) is 4.21. The van der Waals surface area contributed by atoms with Crippen molar-refractivity contribution in [1.29, 1.82) is 0 Å². The molecule has 0 unspecified atom stereocenters. The number of amides is 1. The molecule has 1 N–H and O–H groups in total. The first-order chi connectivity index (χ1) is 9.97. The first-order valence-corrected chi connectivity index (χ1v) is 6.82. The van der Waals surface area contributed by atoms with Crippen LogP contribution in [0.3, 0.4) is 0 Å². The van der Waals surface area contributed by atoms with E-state index in [4.69, 9.17) is 0 Å². The molecule has 0 radical (unpaired) electrons. The SMILES string of the molecule is Cc1ccc(C)c(C(=O)NCc2nccc(N(C)C)n2)c1. The minimum atomic E-state index is -0.102. The van der Waals surface area contributed by atoms with E-state index < -0.39 is 0 Å². The van der Waals surface area contributed by atoms with Crippen molar-refractivity contribution in [2.45, 2.75) is 20.4 Å². The highest BCUT2D eigenvalue weighted by atomic mass is 16.1. The van der Waals surface area contributed by atoms with Crippen LogP contribution in [0.15, 0.2) is 30.5 Å². The van der Waals surface area contributed by atoms with Crippen LogP contribution in [-0.2, 0) is 6.54 Å². The normalized spacial score (nSPS) is 10.3. The van der Waals surface area contributed by atoms with Gasteiger partial charge in [-0.15, -0.1) is 0 Å². The number of aromatic nitrogens is 2. The molecule has 110 valence electrons. The third kappa shape index (κ3) is 3.78. The highest BCUT2D eigenvalue weighted by Gasteiger charge is 2.10. The molecule has 2 aromatic rings. The van der Waals surface area contributed by atoms with Gasteiger partial charge in [-0.3, -0.25) is 4.79 Å². The van der Waals surface area contributed by atoms with Gasteiger partial charge < -0.3 is 10.2 Å². The van der Waals surface area contributed by atoms with Crippen LogP contribution >= 0.6 is 0 Å². The Hall–Kier alpha value is -2.43. The summed E-state index contributed by atoms with van der Waals surface area (Å²) in [7, 11) is 3.83. The third-order valence-corrected chi connectivity index (χ3v) is 3.19. The molecule has 5 nitrogen and oxygen atoms in total. The Bertz CT molecular complexity index is 652. The monoisotopic (exact) mass is 284 g/mol. The lowest BCUT2D eigenvalue weighted by atomic mass is 10.1. The summed E-state index contributed by atoms with van der Waals surface area (Å²) < 4.78 is 0. The molecule has 1 amide bonds. The fourth-order valence-electron chi connectivity index (χ4n) is 1.96. The number of nitrogens with one attached hydrogen (secondary N) is 1. The van der Waals surface area contributed by atoms with E-state index in [1.54, 1.807) is 6.20 Å². The number of benzene rings is 1. The Balaban J connectivity index is 2.07. The van der Waals surface area contributed by atoms with Gasteiger partial charge in [-0.25, -0.2) is 9.97 Å². The van der Waals surface area contributed by atoms with Crippen LogP contribution in [0.5, 0.6) is 0 Å². The smallest absolute Gasteiger partial charge is 0.251 e. The quantitative estimate of drug-likeness (QED) is 0.934. The predicted molar refractivity (Wildman–Crippen MR) is 83.4 cm³/mol. The van der Waals surface area contributed by atoms with E-state index in [-0.39, 0.29) is 5.91 Å². The summed E-state index contributed by atoms with van der Waals surface area (Å²) in [6.07, 6.45) is 1.70. The van der Waals surface area contributed by atoms with Crippen LogP contribution in [-0.4, -0.2) is 30.0 Å². The maximum atomic E-state index is 12.2. The van der Waals surface area contributed by atoms with Crippen molar-refractivity contribution in [3.63, 3.8) is 0 Å². The fraction of sp³-hybridized carbons (Fsp3) is 0.312. The number of carbonyl (C=O) groups excluding carboxylic acids is 1. The van der Waals surface area contributed by atoms with E-state index >= 15 is 0 Å². The molecule has 0 aliphatic heterocycles. The number of hydrogen-bond acceptors (Lipinski definition) is 4. The van der Waals surface area contributed by atoms with Crippen molar-refractivity contribution < 1.29 is 4.79 Å². The van der Waals surface area contributed by atoms with Gasteiger partial charge in [-0.1, -0.05) is 17.7 Å². The van der Waals surface area contributed by atoms with Gasteiger partial charge in [-0.05, 0) is 31.5 Å². The van der Waals surface area contributed by atoms with Gasteiger partial charge in [0.2, 0.25) is 0 Å². The fourth-order valence-corrected chi connectivity index (χ4v) is 1.96. The van der Waals surface area contributed by atoms with Crippen LogP contribution < -0.4 is 10.2 Å². The lowest BCUT2D eigenvalue weighted by Gasteiger charge is -2.12. The summed E-state index contributed by atoms with van der Waals surface area (Å²) >= 11 is 0. The first kappa shape index (κ1) is 15.0. The van der Waals surface area contributed by atoms with Crippen LogP contribution in [0.25, 0.3) is 0 Å². The van der Waals surface area contributed by atoms with E-state index in [1.165, 1.54) is 0 Å². The van der Waals surface area contributed by atoms with Gasteiger partial charge in [0.15, 0.2) is 0 Å². The predicted octanol–water partition coefficient (Wildman–Crippen LogP) is 2.09. The highest BCUT2D eigenvalue weighted by molar-refractivity contribution is 5.95. The first-order valence-electron chi connectivity index (χ1n) is 6.82. The van der Waals surface area contributed by atoms with Gasteiger partial charge in [0.1, 0.15) is 11.6 Å². The number of aryl methyl sites for hydroxylation is 2. The molecule has 1 aromatic heterocycles. The number of hydrogen-bond donors (Lipinski definition) is 1. The average Bonchev–Trinajstić information content (AvgIpc) is 2.47. The van der Waals surface area contributed by atoms with Crippen LogP contribution in [0, 0.1) is 13.8 Å². The van der Waals surface area contributed by atoms with Crippen molar-refractivity contribution in [2.75, 3.05) is 19.0 Å². The zero-order valence-corrected chi connectivity index (χ0v) is 12.8. The van der Waals surface area contributed by atoms with E-state index in [0.29, 0.717) is 17.9 Å². The molecule has 0 bridgehead atoms. The Kier molecular flexibility index (Phi) is 4.52. The second-order valence-corrected chi connectivity index (χ2v) is 5.23. The van der Waals surface area contributed by atoms with Crippen LogP contribution in [0.4, 0.5) is 5.82 Å². The average molecular weight is 284 g/mol. The van der Waals surface area contributed by atoms with Crippen molar-refractivity contribution in [1.82, 2.24) is 15.3 Å². The molecule has 1 aromatic carbocycles. The summed E-state index contributed by atoms with van der Waals surface area (Å²) in [5, 5.41) is 2.87. The minimum Gasteiger partial charge on any atom is -0.363 e. The molecular weight excluding hydrogens is 264 g/mol. The lowest BCUT2D eigenvalue weighted by Crippen LogP contribution is -2.25. The van der Waals surface area contributed by atoms with Gasteiger partial charge >= 0.3 is 0 Å². The molecule has 0 aliphatic carbocycles. The molecule has 0 aliphatic rings. The molecule has 5 heteroatoms. The minimum absolute atomic E-state index is 0.102. The molecule has 0 saturated heterocycles. The van der Waals surface area contributed by atoms with Gasteiger partial charge in [0, 0.05) is 25.9 Å². The molecular formula is C16H20N4O. The van der Waals surface area contributed by atoms with Gasteiger partial charge in [0.05, 0.1) is 6.54 Å². The maximum Gasteiger partial charge on any atom is 0.251 e. The van der Waals surface area contributed by atoms with Crippen molar-refractivity contribution in [3.8, 4) is 0 Å². The Morgan fingerprint density at radius 2 is 2.00 bits per heavy atom. The second kappa shape index (κ2) is 6.35. The molecule has 0 spiro atoms. The van der Waals surface area contributed by atoms with Crippen molar-refractivity contribution in [2.24, 2.45) is 0 Å². The largest absolute Gasteiger partial charge is 0.363 e. The summed E-state index contributed by atoms with van der Waals surface area (Å²) in [5.74, 6) is 1.32. The molecule has 21 heavy (non-hydrogen) atoms. The van der Waals surface area contributed by atoms with Crippen LogP contribution in [0.1, 0.15) is 27.3 Å². The highest BCUT2D eigenvalue weighted by Crippen LogP contribution is 2.11. The Labute approximate surface area is 125 Å². The molecule has 2 rings (SSSR count). The molecule has 0 fully saturated rings. The molecule has 1 heterocycles. The number of carbonyl (C=O) groups is 1. The number of nitrogens with zero attached hydrogens (tertiary/aromatic N) is 3. The zero-order valence-electron chi connectivity index (χ0n) is 12.8. The van der Waals surface area contributed by atoms with E-state index in [2.05, 4.69) is 15.3 Å². The number of rotatable bonds is 4. The Morgan fingerprint density at radius 3 is 2.71 bits per heavy atom. The topological polar surface area (TPSA) is 58.1 Å². The summed E-state index contributed by atoms with van der Waals surface area (Å²) in [5.41, 5.74) is 2.72. The zero-order chi connectivity index (χ0) is 15.4. The second-order valence-electron chi connectivity index (χ2n) is 5.23. The maximum absolute atomic E-state index is 12.2. The lowest BCUT2D eigenvalue weighted by molar-refractivity contribution is 0.0949. The number of anilines is 1. The van der Waals surface area contributed by atoms with E-state index in [0.717, 1.165) is 16.9 Å². The van der Waals surface area contributed by atoms with Crippen LogP contribution in [0.2, 0.25) is 0 Å². The van der Waals surface area contributed by atoms with E-state index in [9.17, 15) is 4.79 Å². The standard InChI is InChI=1S/C16H20N4O/c1-11-5-6-12(2)13(9-11)16(21)18-10-14-17-8-7-15(19-14)20(3)4/h5-9H,10H2,1-4H3,(H,18,21). The van der Waals surface area contributed by atoms with Crippen molar-refractivity contribution >= 4 is 11.7 Å². The third-order valence-electron chi connectivity index (χ3n) is 3.19. The van der Waals surface area contributed by atoms with Gasteiger partial charge in [0.25, 0.3) is 5.91 Å². The molecule has 0 saturated carbocycles. The van der Waals surface area contributed by atoms with Gasteiger partial charge in [-0.2, -0.15) is 0 Å². The summed E-state index contributed by atoms with van der Waals surface area (Å²) in [4.78, 5) is 22.7. The Morgan fingerprint density at radius 1 is 1.24 bits per heavy atom. The molecule has 0 atom stereocenters. The summed E-state index contributed by atoms with van der Waals surface area (Å²) in [6, 6.07) is 7.67. The van der Waals surface area contributed by atoms with Crippen molar-refractivity contribution in [3.05, 3.63) is 53.0 Å².